The molecule has 11 heteroatoms. The monoisotopic (exact) mass is 492 g/mol. The van der Waals surface area contributed by atoms with Crippen LogP contribution in [0, 0.1) is 0 Å². The molecule has 1 aliphatic rings. The van der Waals surface area contributed by atoms with E-state index in [0.29, 0.717) is 12.8 Å². The van der Waals surface area contributed by atoms with E-state index in [-0.39, 0.29) is 22.4 Å². The van der Waals surface area contributed by atoms with Crippen LogP contribution in [0.2, 0.25) is 0 Å². The lowest BCUT2D eigenvalue weighted by molar-refractivity contribution is -0.189. The van der Waals surface area contributed by atoms with Gasteiger partial charge in [0, 0.05) is 23.2 Å². The van der Waals surface area contributed by atoms with Crippen molar-refractivity contribution in [3.05, 3.63) is 58.7 Å². The molecule has 8 nitrogen and oxygen atoms in total. The van der Waals surface area contributed by atoms with E-state index in [1.54, 1.807) is 0 Å². The van der Waals surface area contributed by atoms with Crippen LogP contribution in [0.3, 0.4) is 0 Å². The fourth-order valence-corrected chi connectivity index (χ4v) is 3.54. The Labute approximate surface area is 198 Å². The zero-order valence-electron chi connectivity index (χ0n) is 18.9. The van der Waals surface area contributed by atoms with Crippen molar-refractivity contribution in [2.24, 2.45) is 5.73 Å². The first-order chi connectivity index (χ1) is 16.5. The molecule has 0 aliphatic heterocycles. The molecule has 1 unspecified atom stereocenters. The number of carbonyl (C=O) groups is 4. The number of hydrogen-bond acceptors (Lipinski definition) is 8. The molecule has 2 aromatic carbocycles. The van der Waals surface area contributed by atoms with E-state index < -0.39 is 53.3 Å². The highest BCUT2D eigenvalue weighted by molar-refractivity contribution is 6.31. The minimum Gasteiger partial charge on any atom is -0.441 e. The summed E-state index contributed by atoms with van der Waals surface area (Å²) in [6.45, 7) is 3.41. The summed E-state index contributed by atoms with van der Waals surface area (Å²) in [4.78, 5) is 50.0. The molecule has 3 rings (SSSR count). The van der Waals surface area contributed by atoms with Gasteiger partial charge in [0.1, 0.15) is 11.8 Å². The van der Waals surface area contributed by atoms with Crippen LogP contribution in [0.5, 0.6) is 5.75 Å². The molecule has 0 saturated heterocycles. The average molecular weight is 492 g/mol. The summed E-state index contributed by atoms with van der Waals surface area (Å²) in [5, 5.41) is 2.97. The van der Waals surface area contributed by atoms with Crippen molar-refractivity contribution in [2.75, 3.05) is 5.32 Å². The SMILES string of the molecule is CCCCC(Nc1cccc2c1C(=O)c1cccc(OC(=O)C(F)(F)F)c1C2=O)OC(=O)[C@H](C)N. The van der Waals surface area contributed by atoms with Crippen LogP contribution in [0.4, 0.5) is 18.9 Å². The van der Waals surface area contributed by atoms with Crippen LogP contribution in [0.15, 0.2) is 36.4 Å². The number of nitrogens with one attached hydrogen (secondary N) is 1. The summed E-state index contributed by atoms with van der Waals surface area (Å²) in [6, 6.07) is 6.91. The quantitative estimate of drug-likeness (QED) is 0.277. The Morgan fingerprint density at radius 1 is 1.03 bits per heavy atom. The van der Waals surface area contributed by atoms with E-state index in [1.807, 2.05) is 6.92 Å². The first-order valence-corrected chi connectivity index (χ1v) is 10.8. The molecule has 0 fully saturated rings. The summed E-state index contributed by atoms with van der Waals surface area (Å²) in [5.41, 5.74) is 4.98. The van der Waals surface area contributed by atoms with Gasteiger partial charge in [0.2, 0.25) is 0 Å². The van der Waals surface area contributed by atoms with Gasteiger partial charge in [-0.15, -0.1) is 0 Å². The number of unbranched alkanes of at least 4 members (excludes halogenated alkanes) is 1. The van der Waals surface area contributed by atoms with E-state index >= 15 is 0 Å². The molecule has 0 saturated carbocycles. The highest BCUT2D eigenvalue weighted by Gasteiger charge is 2.43. The first-order valence-electron chi connectivity index (χ1n) is 10.8. The van der Waals surface area contributed by atoms with Gasteiger partial charge in [0.25, 0.3) is 0 Å². The van der Waals surface area contributed by atoms with Crippen molar-refractivity contribution in [3.63, 3.8) is 0 Å². The van der Waals surface area contributed by atoms with Crippen LogP contribution in [-0.2, 0) is 14.3 Å². The predicted octanol–water partition coefficient (Wildman–Crippen LogP) is 3.75. The Kier molecular flexibility index (Phi) is 7.59. The lowest BCUT2D eigenvalue weighted by atomic mass is 9.82. The maximum atomic E-state index is 13.4. The molecule has 0 spiro atoms. The Morgan fingerprint density at radius 2 is 1.63 bits per heavy atom. The van der Waals surface area contributed by atoms with Gasteiger partial charge in [0.05, 0.1) is 11.1 Å². The van der Waals surface area contributed by atoms with Crippen LogP contribution >= 0.6 is 0 Å². The number of benzene rings is 2. The lowest BCUT2D eigenvalue weighted by Crippen LogP contribution is -2.36. The largest absolute Gasteiger partial charge is 0.491 e. The second-order valence-corrected chi connectivity index (χ2v) is 7.95. The summed E-state index contributed by atoms with van der Waals surface area (Å²) in [6.07, 6.45) is -4.25. The van der Waals surface area contributed by atoms with Crippen molar-refractivity contribution in [3.8, 4) is 5.75 Å². The third-order valence-corrected chi connectivity index (χ3v) is 5.23. The number of halogens is 3. The van der Waals surface area contributed by atoms with Gasteiger partial charge in [-0.2, -0.15) is 13.2 Å². The van der Waals surface area contributed by atoms with Crippen molar-refractivity contribution in [1.29, 1.82) is 0 Å². The zero-order valence-corrected chi connectivity index (χ0v) is 18.9. The Morgan fingerprint density at radius 3 is 2.23 bits per heavy atom. The first kappa shape index (κ1) is 25.9. The number of esters is 2. The normalized spacial score (nSPS) is 14.5. The average Bonchev–Trinajstić information content (AvgIpc) is 2.80. The zero-order chi connectivity index (χ0) is 25.9. The fraction of sp³-hybridized carbons (Fsp3) is 0.333. The van der Waals surface area contributed by atoms with E-state index in [9.17, 15) is 32.3 Å². The van der Waals surface area contributed by atoms with E-state index in [2.05, 4.69) is 10.1 Å². The van der Waals surface area contributed by atoms with E-state index in [4.69, 9.17) is 10.5 Å². The summed E-state index contributed by atoms with van der Waals surface area (Å²) < 4.78 is 47.9. The third kappa shape index (κ3) is 5.51. The number of hydrogen-bond donors (Lipinski definition) is 2. The molecule has 3 N–H and O–H groups in total. The molecule has 2 atom stereocenters. The van der Waals surface area contributed by atoms with Crippen molar-refractivity contribution in [2.45, 2.75) is 51.6 Å². The predicted molar refractivity (Wildman–Crippen MR) is 118 cm³/mol. The number of nitrogens with two attached hydrogens (primary N) is 1. The summed E-state index contributed by atoms with van der Waals surface area (Å²) in [5.74, 6) is -5.30. The van der Waals surface area contributed by atoms with E-state index in [1.165, 1.54) is 37.3 Å². The number of carbonyl (C=O) groups excluding carboxylic acids is 4. The molecule has 1 aliphatic carbocycles. The number of ether oxygens (including phenoxy) is 2. The number of ketones is 2. The van der Waals surface area contributed by atoms with Gasteiger partial charge in [-0.25, -0.2) is 4.79 Å². The Balaban J connectivity index is 2.00. The molecule has 0 bridgehead atoms. The molecular formula is C24H23F3N2O6. The summed E-state index contributed by atoms with van der Waals surface area (Å²) >= 11 is 0. The van der Waals surface area contributed by atoms with E-state index in [0.717, 1.165) is 12.5 Å². The highest BCUT2D eigenvalue weighted by Crippen LogP contribution is 2.37. The second-order valence-electron chi connectivity index (χ2n) is 7.95. The molecular weight excluding hydrogens is 469 g/mol. The molecule has 0 heterocycles. The molecule has 0 aromatic heterocycles. The summed E-state index contributed by atoms with van der Waals surface area (Å²) in [7, 11) is 0. The lowest BCUT2D eigenvalue weighted by Gasteiger charge is -2.26. The van der Waals surface area contributed by atoms with Crippen LogP contribution < -0.4 is 15.8 Å². The van der Waals surface area contributed by atoms with Crippen LogP contribution in [0.25, 0.3) is 0 Å². The van der Waals surface area contributed by atoms with Gasteiger partial charge in [-0.1, -0.05) is 37.6 Å². The third-order valence-electron chi connectivity index (χ3n) is 5.23. The minimum absolute atomic E-state index is 0.0392. The number of anilines is 1. The second kappa shape index (κ2) is 10.3. The number of fused-ring (bicyclic) bond motifs is 2. The number of alkyl halides is 3. The highest BCUT2D eigenvalue weighted by atomic mass is 19.4. The minimum atomic E-state index is -5.29. The maximum Gasteiger partial charge on any atom is 0.491 e. The smallest absolute Gasteiger partial charge is 0.441 e. The van der Waals surface area contributed by atoms with Gasteiger partial charge < -0.3 is 20.5 Å². The maximum absolute atomic E-state index is 13.4. The van der Waals surface area contributed by atoms with Gasteiger partial charge in [0.15, 0.2) is 17.8 Å². The number of rotatable bonds is 8. The molecule has 0 radical (unpaired) electrons. The fourth-order valence-electron chi connectivity index (χ4n) is 3.54. The molecule has 35 heavy (non-hydrogen) atoms. The molecule has 186 valence electrons. The Bertz CT molecular complexity index is 1180. The molecule has 0 amide bonds. The van der Waals surface area contributed by atoms with Gasteiger partial charge >= 0.3 is 18.1 Å². The Hall–Kier alpha value is -3.73. The topological polar surface area (TPSA) is 125 Å². The van der Waals surface area contributed by atoms with Crippen molar-refractivity contribution >= 4 is 29.2 Å². The van der Waals surface area contributed by atoms with Crippen LogP contribution in [-0.4, -0.2) is 42.0 Å². The van der Waals surface area contributed by atoms with Gasteiger partial charge in [-0.05, 0) is 25.5 Å². The van der Waals surface area contributed by atoms with Crippen molar-refractivity contribution < 1.29 is 41.8 Å². The van der Waals surface area contributed by atoms with Gasteiger partial charge in [-0.3, -0.25) is 14.4 Å². The van der Waals surface area contributed by atoms with Crippen LogP contribution in [0.1, 0.15) is 65.0 Å². The van der Waals surface area contributed by atoms with Crippen molar-refractivity contribution in [1.82, 2.24) is 0 Å². The standard InChI is InChI=1S/C24H23F3N2O6/c1-3-4-11-17(35-22(32)12(2)28)29-15-9-5-7-13-18(15)20(30)14-8-6-10-16(19(14)21(13)31)34-23(33)24(25,26)27/h5-10,12,17,29H,3-4,11,28H2,1-2H3/t12-,17?/m0/s1. The molecule has 2 aromatic rings.